The average molecular weight is 300 g/mol. The molecule has 0 aromatic rings. The Labute approximate surface area is 134 Å². The molecule has 0 saturated heterocycles. The second kappa shape index (κ2) is 14.8. The fourth-order valence-corrected chi connectivity index (χ4v) is 2.67. The van der Waals surface area contributed by atoms with E-state index in [1.54, 1.807) is 0 Å². The minimum absolute atomic E-state index is 0.872. The van der Waals surface area contributed by atoms with E-state index in [0.29, 0.717) is 0 Å². The molecule has 0 amide bonds. The van der Waals surface area contributed by atoms with Crippen molar-refractivity contribution in [1.82, 2.24) is 4.90 Å². The van der Waals surface area contributed by atoms with Gasteiger partial charge in [0.2, 0.25) is 0 Å². The zero-order chi connectivity index (χ0) is 15.9. The Balaban J connectivity index is 3.28. The van der Waals surface area contributed by atoms with Gasteiger partial charge < -0.3 is 9.64 Å². The van der Waals surface area contributed by atoms with Gasteiger partial charge in [0.25, 0.3) is 0 Å². The summed E-state index contributed by atoms with van der Waals surface area (Å²) in [7, 11) is 2.26. The predicted octanol–water partition coefficient (Wildman–Crippen LogP) is 5.37. The SMILES string of the molecule is CCC(C)CCCCOCCCCN(C)CC(CC)CC. The van der Waals surface area contributed by atoms with E-state index in [9.17, 15) is 0 Å². The molecule has 0 fully saturated rings. The first-order chi connectivity index (χ1) is 10.1. The smallest absolute Gasteiger partial charge is 0.0466 e. The summed E-state index contributed by atoms with van der Waals surface area (Å²) >= 11 is 0. The third-order valence-corrected chi connectivity index (χ3v) is 4.74. The van der Waals surface area contributed by atoms with Crippen molar-refractivity contribution in [2.75, 3.05) is 33.4 Å². The molecule has 0 aliphatic heterocycles. The molecule has 1 atom stereocenters. The van der Waals surface area contributed by atoms with Crippen LogP contribution >= 0.6 is 0 Å². The number of rotatable bonds is 15. The van der Waals surface area contributed by atoms with Gasteiger partial charge in [-0.3, -0.25) is 0 Å². The standard InChI is InChI=1S/C19H41NO/c1-6-18(4)13-9-11-15-21-16-12-10-14-20(5)17-19(7-2)8-3/h18-19H,6-17H2,1-5H3. The van der Waals surface area contributed by atoms with Gasteiger partial charge in [0, 0.05) is 19.8 Å². The molecule has 0 bridgehead atoms. The first-order valence-corrected chi connectivity index (χ1v) is 9.40. The van der Waals surface area contributed by atoms with Crippen molar-refractivity contribution in [3.8, 4) is 0 Å². The van der Waals surface area contributed by atoms with Crippen LogP contribution in [0.15, 0.2) is 0 Å². The highest BCUT2D eigenvalue weighted by atomic mass is 16.5. The Morgan fingerprint density at radius 3 is 2.05 bits per heavy atom. The minimum atomic E-state index is 0.872. The summed E-state index contributed by atoms with van der Waals surface area (Å²) in [5.74, 6) is 1.76. The molecule has 0 saturated carbocycles. The van der Waals surface area contributed by atoms with Crippen LogP contribution < -0.4 is 0 Å². The van der Waals surface area contributed by atoms with Gasteiger partial charge in [-0.15, -0.1) is 0 Å². The predicted molar refractivity (Wildman–Crippen MR) is 94.9 cm³/mol. The third kappa shape index (κ3) is 13.3. The lowest BCUT2D eigenvalue weighted by atomic mass is 10.0. The second-order valence-electron chi connectivity index (χ2n) is 6.77. The molecule has 0 rings (SSSR count). The van der Waals surface area contributed by atoms with Gasteiger partial charge in [0.1, 0.15) is 0 Å². The first-order valence-electron chi connectivity index (χ1n) is 9.40. The van der Waals surface area contributed by atoms with Crippen LogP contribution in [-0.2, 0) is 4.74 Å². The average Bonchev–Trinajstić information content (AvgIpc) is 2.50. The van der Waals surface area contributed by atoms with Gasteiger partial charge in [-0.1, -0.05) is 59.8 Å². The van der Waals surface area contributed by atoms with Crippen molar-refractivity contribution < 1.29 is 4.74 Å². The van der Waals surface area contributed by atoms with Crippen LogP contribution in [0.4, 0.5) is 0 Å². The van der Waals surface area contributed by atoms with Gasteiger partial charge in [0.05, 0.1) is 0 Å². The summed E-state index contributed by atoms with van der Waals surface area (Å²) in [5, 5.41) is 0. The van der Waals surface area contributed by atoms with Gasteiger partial charge in [-0.25, -0.2) is 0 Å². The monoisotopic (exact) mass is 299 g/mol. The number of hydrogen-bond acceptors (Lipinski definition) is 2. The maximum absolute atomic E-state index is 5.74. The minimum Gasteiger partial charge on any atom is -0.381 e. The zero-order valence-electron chi connectivity index (χ0n) is 15.5. The topological polar surface area (TPSA) is 12.5 Å². The maximum atomic E-state index is 5.74. The van der Waals surface area contributed by atoms with Crippen LogP contribution in [0.1, 0.15) is 79.1 Å². The molecule has 0 radical (unpaired) electrons. The lowest BCUT2D eigenvalue weighted by Crippen LogP contribution is -2.26. The van der Waals surface area contributed by atoms with Gasteiger partial charge in [-0.2, -0.15) is 0 Å². The van der Waals surface area contributed by atoms with Crippen molar-refractivity contribution >= 4 is 0 Å². The molecular weight excluding hydrogens is 258 g/mol. The fourth-order valence-electron chi connectivity index (χ4n) is 2.67. The molecule has 2 nitrogen and oxygen atoms in total. The van der Waals surface area contributed by atoms with E-state index in [1.807, 2.05) is 0 Å². The van der Waals surface area contributed by atoms with E-state index in [2.05, 4.69) is 39.6 Å². The normalized spacial score (nSPS) is 13.3. The molecule has 128 valence electrons. The molecule has 0 heterocycles. The van der Waals surface area contributed by atoms with Crippen LogP contribution in [-0.4, -0.2) is 38.3 Å². The Bertz CT molecular complexity index is 204. The molecule has 1 unspecified atom stereocenters. The molecule has 0 aromatic heterocycles. The fraction of sp³-hybridized carbons (Fsp3) is 1.00. The Hall–Kier alpha value is -0.0800. The summed E-state index contributed by atoms with van der Waals surface area (Å²) in [5.41, 5.74) is 0. The molecule has 0 spiro atoms. The van der Waals surface area contributed by atoms with Crippen LogP contribution in [0.3, 0.4) is 0 Å². The molecule has 0 aliphatic rings. The number of unbranched alkanes of at least 4 members (excludes halogenated alkanes) is 2. The van der Waals surface area contributed by atoms with E-state index < -0.39 is 0 Å². The second-order valence-corrected chi connectivity index (χ2v) is 6.77. The summed E-state index contributed by atoms with van der Waals surface area (Å²) in [4.78, 5) is 2.49. The lowest BCUT2D eigenvalue weighted by Gasteiger charge is -2.22. The summed E-state index contributed by atoms with van der Waals surface area (Å²) < 4.78 is 5.74. The number of hydrogen-bond donors (Lipinski definition) is 0. The van der Waals surface area contributed by atoms with Crippen molar-refractivity contribution in [3.63, 3.8) is 0 Å². The number of ether oxygens (including phenoxy) is 1. The van der Waals surface area contributed by atoms with E-state index in [0.717, 1.165) is 25.0 Å². The van der Waals surface area contributed by atoms with Crippen LogP contribution in [0, 0.1) is 11.8 Å². The highest BCUT2D eigenvalue weighted by Gasteiger charge is 2.06. The summed E-state index contributed by atoms with van der Waals surface area (Å²) in [6.45, 7) is 13.6. The van der Waals surface area contributed by atoms with E-state index in [1.165, 1.54) is 64.5 Å². The van der Waals surface area contributed by atoms with E-state index in [-0.39, 0.29) is 0 Å². The number of nitrogens with zero attached hydrogens (tertiary/aromatic N) is 1. The maximum Gasteiger partial charge on any atom is 0.0466 e. The highest BCUT2D eigenvalue weighted by molar-refractivity contribution is 4.60. The Kier molecular flexibility index (Phi) is 14.8. The molecule has 2 heteroatoms. The van der Waals surface area contributed by atoms with Gasteiger partial charge in [-0.05, 0) is 44.7 Å². The third-order valence-electron chi connectivity index (χ3n) is 4.74. The van der Waals surface area contributed by atoms with Gasteiger partial charge >= 0.3 is 0 Å². The van der Waals surface area contributed by atoms with E-state index >= 15 is 0 Å². The molecule has 0 N–H and O–H groups in total. The summed E-state index contributed by atoms with van der Waals surface area (Å²) in [6, 6.07) is 0. The molecule has 0 aliphatic carbocycles. The quantitative estimate of drug-likeness (QED) is 0.377. The Morgan fingerprint density at radius 2 is 1.48 bits per heavy atom. The van der Waals surface area contributed by atoms with Crippen molar-refractivity contribution in [1.29, 1.82) is 0 Å². The van der Waals surface area contributed by atoms with Crippen LogP contribution in [0.2, 0.25) is 0 Å². The zero-order valence-corrected chi connectivity index (χ0v) is 15.5. The first kappa shape index (κ1) is 20.9. The van der Waals surface area contributed by atoms with Crippen molar-refractivity contribution in [2.45, 2.75) is 79.1 Å². The lowest BCUT2D eigenvalue weighted by molar-refractivity contribution is 0.122. The molecular formula is C19H41NO. The molecule has 21 heavy (non-hydrogen) atoms. The van der Waals surface area contributed by atoms with Crippen LogP contribution in [0.25, 0.3) is 0 Å². The summed E-state index contributed by atoms with van der Waals surface area (Å²) in [6.07, 6.45) is 10.3. The molecule has 0 aromatic carbocycles. The van der Waals surface area contributed by atoms with Crippen LogP contribution in [0.5, 0.6) is 0 Å². The Morgan fingerprint density at radius 1 is 0.857 bits per heavy atom. The van der Waals surface area contributed by atoms with Gasteiger partial charge in [0.15, 0.2) is 0 Å². The highest BCUT2D eigenvalue weighted by Crippen LogP contribution is 2.11. The largest absolute Gasteiger partial charge is 0.381 e. The van der Waals surface area contributed by atoms with Crippen molar-refractivity contribution in [3.05, 3.63) is 0 Å². The van der Waals surface area contributed by atoms with E-state index in [4.69, 9.17) is 4.74 Å². The van der Waals surface area contributed by atoms with Crippen molar-refractivity contribution in [2.24, 2.45) is 11.8 Å².